The summed E-state index contributed by atoms with van der Waals surface area (Å²) in [7, 11) is 0. The minimum atomic E-state index is 0. The van der Waals surface area contributed by atoms with Gasteiger partial charge >= 0.3 is 0 Å². The Hall–Kier alpha value is -0.790. The molecule has 0 aromatic carbocycles. The molecule has 2 heteroatoms. The lowest BCUT2D eigenvalue weighted by atomic mass is 9.52. The van der Waals surface area contributed by atoms with Crippen LogP contribution in [0.5, 0.6) is 0 Å². The molecule has 4 aliphatic carbocycles. The standard InChI is InChI=1S/C20H33Cl.C20H34O.2CH4/c2*1-15(11-14-21)10-13-20(5)16(2)8-9-17-18(20)7-6-12-19(17,3)4;;/h9,11,16,18H,6-8,10,12-14H2,1-5H3;9,11,16,18,21H,6-8,10,12-14H2,1-5H3;2*1H4/b2*15-11+;;/t2*16-,18+,20+;;/m00../s1. The van der Waals surface area contributed by atoms with Gasteiger partial charge in [0.1, 0.15) is 0 Å². The van der Waals surface area contributed by atoms with Gasteiger partial charge in [-0.1, -0.05) is 130 Å². The number of hydrogen-bond acceptors (Lipinski definition) is 1. The maximum absolute atomic E-state index is 9.06. The van der Waals surface area contributed by atoms with Crippen molar-refractivity contribution in [1.29, 1.82) is 0 Å². The molecule has 44 heavy (non-hydrogen) atoms. The first kappa shape index (κ1) is 41.2. The van der Waals surface area contributed by atoms with Crippen LogP contribution in [0, 0.1) is 45.3 Å². The lowest BCUT2D eigenvalue weighted by Crippen LogP contribution is -2.43. The van der Waals surface area contributed by atoms with Crippen molar-refractivity contribution in [3.8, 4) is 0 Å². The summed E-state index contributed by atoms with van der Waals surface area (Å²) >= 11 is 5.84. The summed E-state index contributed by atoms with van der Waals surface area (Å²) in [4.78, 5) is 0. The van der Waals surface area contributed by atoms with Crippen LogP contribution < -0.4 is 0 Å². The summed E-state index contributed by atoms with van der Waals surface area (Å²) in [5, 5.41) is 9.06. The fourth-order valence-electron chi connectivity index (χ4n) is 9.35. The summed E-state index contributed by atoms with van der Waals surface area (Å²) in [6.07, 6.45) is 25.0. The molecular formula is C42H75ClO. The largest absolute Gasteiger partial charge is 0.392 e. The van der Waals surface area contributed by atoms with E-state index in [-0.39, 0.29) is 21.5 Å². The van der Waals surface area contributed by atoms with E-state index in [1.54, 1.807) is 11.1 Å². The summed E-state index contributed by atoms with van der Waals surface area (Å²) in [6.45, 7) is 24.4. The monoisotopic (exact) mass is 631 g/mol. The molecule has 0 spiro atoms. The van der Waals surface area contributed by atoms with E-state index in [9.17, 15) is 0 Å². The lowest BCUT2D eigenvalue weighted by molar-refractivity contribution is 0.0583. The van der Waals surface area contributed by atoms with Crippen molar-refractivity contribution >= 4 is 11.6 Å². The van der Waals surface area contributed by atoms with Gasteiger partial charge in [0.15, 0.2) is 0 Å². The second-order valence-corrected chi connectivity index (χ2v) is 17.0. The minimum absolute atomic E-state index is 0. The SMILES string of the molecule is C.C.C/C(=C\CCl)CC[C@@]1(C)[C@@H]2CCCC(C)(C)C2=CC[C@@H]1C.C/C(=C\CO)CC[C@@]1(C)[C@@H]2CCCC(C)(C)C2=CC[C@@H]1C. The van der Waals surface area contributed by atoms with Crippen LogP contribution in [0.2, 0.25) is 0 Å². The van der Waals surface area contributed by atoms with Crippen LogP contribution in [0.15, 0.2) is 46.6 Å². The van der Waals surface area contributed by atoms with Crippen LogP contribution in [-0.2, 0) is 0 Å². The summed E-state index contributed by atoms with van der Waals surface area (Å²) in [6, 6.07) is 0. The first-order chi connectivity index (χ1) is 19.6. The number of halogens is 1. The molecule has 0 aliphatic heterocycles. The van der Waals surface area contributed by atoms with Crippen molar-refractivity contribution in [3.63, 3.8) is 0 Å². The highest BCUT2D eigenvalue weighted by Gasteiger charge is 2.49. The number of aliphatic hydroxyl groups excluding tert-OH is 1. The molecule has 4 rings (SSSR count). The molecule has 2 saturated carbocycles. The molecule has 4 aliphatic rings. The van der Waals surface area contributed by atoms with Crippen LogP contribution in [-0.4, -0.2) is 17.6 Å². The maximum atomic E-state index is 9.06. The molecular weight excluding hydrogens is 556 g/mol. The van der Waals surface area contributed by atoms with E-state index in [2.05, 4.69) is 87.5 Å². The highest BCUT2D eigenvalue weighted by atomic mass is 35.5. The maximum Gasteiger partial charge on any atom is 0.0614 e. The Morgan fingerprint density at radius 3 is 1.50 bits per heavy atom. The minimum Gasteiger partial charge on any atom is -0.392 e. The molecule has 1 nitrogen and oxygen atoms in total. The molecule has 0 aromatic heterocycles. The van der Waals surface area contributed by atoms with Crippen molar-refractivity contribution in [3.05, 3.63) is 46.6 Å². The van der Waals surface area contributed by atoms with Crippen molar-refractivity contribution in [2.75, 3.05) is 12.5 Å². The van der Waals surface area contributed by atoms with Crippen molar-refractivity contribution < 1.29 is 5.11 Å². The van der Waals surface area contributed by atoms with Gasteiger partial charge in [-0.3, -0.25) is 0 Å². The van der Waals surface area contributed by atoms with Crippen molar-refractivity contribution in [2.24, 2.45) is 45.3 Å². The smallest absolute Gasteiger partial charge is 0.0614 e. The highest BCUT2D eigenvalue weighted by Crippen LogP contribution is 2.59. The van der Waals surface area contributed by atoms with E-state index < -0.39 is 0 Å². The number of fused-ring (bicyclic) bond motifs is 2. The molecule has 1 N–H and O–H groups in total. The van der Waals surface area contributed by atoms with E-state index in [0.29, 0.717) is 27.5 Å². The lowest BCUT2D eigenvalue weighted by Gasteiger charge is -2.53. The zero-order valence-corrected chi connectivity index (χ0v) is 30.1. The third-order valence-corrected chi connectivity index (χ3v) is 13.3. The molecule has 0 unspecified atom stereocenters. The van der Waals surface area contributed by atoms with Gasteiger partial charge in [-0.15, -0.1) is 11.6 Å². The van der Waals surface area contributed by atoms with Crippen LogP contribution in [0.25, 0.3) is 0 Å². The third kappa shape index (κ3) is 9.18. The zero-order valence-electron chi connectivity index (χ0n) is 29.3. The Labute approximate surface area is 281 Å². The number of allylic oxidation sites excluding steroid dienone is 7. The molecule has 0 heterocycles. The first-order valence-corrected chi connectivity index (χ1v) is 18.0. The van der Waals surface area contributed by atoms with Gasteiger partial charge in [-0.25, -0.2) is 0 Å². The highest BCUT2D eigenvalue weighted by molar-refractivity contribution is 6.18. The van der Waals surface area contributed by atoms with E-state index in [1.165, 1.54) is 81.8 Å². The van der Waals surface area contributed by atoms with Gasteiger partial charge in [0.2, 0.25) is 0 Å². The van der Waals surface area contributed by atoms with Crippen LogP contribution in [0.1, 0.15) is 161 Å². The van der Waals surface area contributed by atoms with Crippen molar-refractivity contribution in [1.82, 2.24) is 0 Å². The van der Waals surface area contributed by atoms with Crippen molar-refractivity contribution in [2.45, 2.75) is 161 Å². The molecule has 0 amide bonds. The number of hydrogen-bond donors (Lipinski definition) is 1. The summed E-state index contributed by atoms with van der Waals surface area (Å²) in [5.74, 6) is 3.78. The normalized spacial score (nSPS) is 34.5. The van der Waals surface area contributed by atoms with Gasteiger partial charge in [0, 0.05) is 5.88 Å². The van der Waals surface area contributed by atoms with Crippen LogP contribution in [0.4, 0.5) is 0 Å². The van der Waals surface area contributed by atoms with Crippen LogP contribution in [0.3, 0.4) is 0 Å². The average molecular weight is 632 g/mol. The molecule has 256 valence electrons. The molecule has 0 radical (unpaired) electrons. The fourth-order valence-corrected chi connectivity index (χ4v) is 9.61. The molecule has 2 fully saturated rings. The quantitative estimate of drug-likeness (QED) is 0.209. The van der Waals surface area contributed by atoms with Gasteiger partial charge in [0.25, 0.3) is 0 Å². The molecule has 0 bridgehead atoms. The molecule has 0 aromatic rings. The number of alkyl halides is 1. The summed E-state index contributed by atoms with van der Waals surface area (Å²) < 4.78 is 0. The van der Waals surface area contributed by atoms with Crippen LogP contribution >= 0.6 is 11.6 Å². The van der Waals surface area contributed by atoms with E-state index in [1.807, 2.05) is 6.08 Å². The third-order valence-electron chi connectivity index (χ3n) is 13.1. The predicted molar refractivity (Wildman–Crippen MR) is 199 cm³/mol. The zero-order chi connectivity index (χ0) is 31.3. The molecule has 6 atom stereocenters. The Kier molecular flexibility index (Phi) is 15.8. The Morgan fingerprint density at radius 1 is 0.750 bits per heavy atom. The Balaban J connectivity index is 0.000000421. The fraction of sp³-hybridized carbons (Fsp3) is 0.810. The van der Waals surface area contributed by atoms with E-state index >= 15 is 0 Å². The topological polar surface area (TPSA) is 20.2 Å². The number of rotatable bonds is 8. The van der Waals surface area contributed by atoms with Gasteiger partial charge < -0.3 is 5.11 Å². The van der Waals surface area contributed by atoms with Gasteiger partial charge in [-0.05, 0) is 123 Å². The second kappa shape index (κ2) is 16.9. The van der Waals surface area contributed by atoms with E-state index in [0.717, 1.165) is 30.1 Å². The molecule has 0 saturated heterocycles. The van der Waals surface area contributed by atoms with E-state index in [4.69, 9.17) is 16.7 Å². The predicted octanol–water partition coefficient (Wildman–Crippen LogP) is 13.5. The average Bonchev–Trinajstić information content (AvgIpc) is 2.91. The summed E-state index contributed by atoms with van der Waals surface area (Å²) in [5.41, 5.74) is 8.04. The number of aliphatic hydroxyl groups is 1. The van der Waals surface area contributed by atoms with Gasteiger partial charge in [0.05, 0.1) is 6.61 Å². The first-order valence-electron chi connectivity index (χ1n) is 17.5. The Bertz CT molecular complexity index is 942. The van der Waals surface area contributed by atoms with Gasteiger partial charge in [-0.2, -0.15) is 0 Å². The Morgan fingerprint density at radius 2 is 1.14 bits per heavy atom. The second-order valence-electron chi connectivity index (χ2n) is 16.7.